The number of nitrogens with one attached hydrogen (secondary N) is 2. The number of urea groups is 1. The number of carbonyl (C=O) groups is 3. The number of rotatable bonds is 6. The third-order valence-corrected chi connectivity index (χ3v) is 4.55. The van der Waals surface area contributed by atoms with Gasteiger partial charge in [-0.25, -0.2) is 14.3 Å². The molecule has 0 unspecified atom stereocenters. The topological polar surface area (TPSA) is 112 Å². The molecule has 0 bridgehead atoms. The summed E-state index contributed by atoms with van der Waals surface area (Å²) in [6.07, 6.45) is 3.35. The molecule has 0 saturated carbocycles. The van der Waals surface area contributed by atoms with Crippen LogP contribution in [0.25, 0.3) is 5.00 Å². The Labute approximate surface area is 167 Å². The number of thiophene rings is 1. The molecule has 2 N–H and O–H groups in total. The maximum atomic E-state index is 12.4. The van der Waals surface area contributed by atoms with Gasteiger partial charge in [-0.2, -0.15) is 5.10 Å². The molecule has 10 heteroatoms. The summed E-state index contributed by atoms with van der Waals surface area (Å²) in [6, 6.07) is 1.12. The van der Waals surface area contributed by atoms with Crippen molar-refractivity contribution in [1.29, 1.82) is 0 Å². The summed E-state index contributed by atoms with van der Waals surface area (Å²) in [5.74, 6) is -1.11. The lowest BCUT2D eigenvalue weighted by Gasteiger charge is -2.19. The van der Waals surface area contributed by atoms with Gasteiger partial charge in [0.2, 0.25) is 0 Å². The van der Waals surface area contributed by atoms with Crippen LogP contribution in [-0.2, 0) is 14.3 Å². The Hall–Kier alpha value is -2.88. The molecule has 2 heterocycles. The minimum atomic E-state index is -0.643. The fourth-order valence-corrected chi connectivity index (χ4v) is 3.46. The summed E-state index contributed by atoms with van der Waals surface area (Å²) in [5.41, 5.74) is 0.245. The molecule has 0 aliphatic heterocycles. The van der Waals surface area contributed by atoms with Crippen LogP contribution < -0.4 is 10.6 Å². The zero-order valence-electron chi connectivity index (χ0n) is 16.5. The van der Waals surface area contributed by atoms with Crippen molar-refractivity contribution in [3.63, 3.8) is 0 Å². The molecule has 0 aliphatic carbocycles. The average Bonchev–Trinajstić information content (AvgIpc) is 3.19. The molecule has 2 aromatic rings. The molecule has 152 valence electrons. The van der Waals surface area contributed by atoms with Crippen molar-refractivity contribution in [2.75, 3.05) is 18.5 Å². The van der Waals surface area contributed by atoms with Gasteiger partial charge in [-0.05, 0) is 40.7 Å². The van der Waals surface area contributed by atoms with Crippen LogP contribution in [0.15, 0.2) is 18.5 Å². The van der Waals surface area contributed by atoms with E-state index in [1.54, 1.807) is 57.8 Å². The van der Waals surface area contributed by atoms with Gasteiger partial charge < -0.3 is 14.8 Å². The number of esters is 2. The highest BCUT2D eigenvalue weighted by Crippen LogP contribution is 2.36. The second kappa shape index (κ2) is 8.87. The highest BCUT2D eigenvalue weighted by molar-refractivity contribution is 7.19. The normalized spacial score (nSPS) is 11.0. The maximum Gasteiger partial charge on any atom is 0.341 e. The van der Waals surface area contributed by atoms with Gasteiger partial charge in [0.15, 0.2) is 0 Å². The van der Waals surface area contributed by atoms with E-state index in [0.717, 1.165) is 0 Å². The smallest absolute Gasteiger partial charge is 0.341 e. The van der Waals surface area contributed by atoms with Crippen LogP contribution in [0.2, 0.25) is 0 Å². The molecule has 0 atom stereocenters. The summed E-state index contributed by atoms with van der Waals surface area (Å²) < 4.78 is 11.9. The second-order valence-corrected chi connectivity index (χ2v) is 7.80. The lowest BCUT2D eigenvalue weighted by molar-refractivity contribution is -0.153. The van der Waals surface area contributed by atoms with Crippen LogP contribution >= 0.6 is 11.3 Å². The molecule has 0 radical (unpaired) electrons. The van der Waals surface area contributed by atoms with Gasteiger partial charge in [-0.15, -0.1) is 0 Å². The lowest BCUT2D eigenvalue weighted by atomic mass is 10.2. The number of anilines is 1. The van der Waals surface area contributed by atoms with Crippen molar-refractivity contribution in [3.05, 3.63) is 29.6 Å². The molecule has 0 saturated heterocycles. The summed E-state index contributed by atoms with van der Waals surface area (Å²) in [7, 11) is 0. The van der Waals surface area contributed by atoms with Crippen LogP contribution in [-0.4, -0.2) is 46.5 Å². The highest BCUT2D eigenvalue weighted by Gasteiger charge is 2.25. The fourth-order valence-electron chi connectivity index (χ4n) is 2.32. The van der Waals surface area contributed by atoms with E-state index >= 15 is 0 Å². The Balaban J connectivity index is 2.17. The first kappa shape index (κ1) is 21.4. The van der Waals surface area contributed by atoms with Gasteiger partial charge >= 0.3 is 18.0 Å². The van der Waals surface area contributed by atoms with Gasteiger partial charge in [0.1, 0.15) is 22.1 Å². The molecule has 28 heavy (non-hydrogen) atoms. The SMILES string of the molecule is CCOC(=O)c1c(NC(=O)NCC(=O)OC(C)(C)C)sc(-n2cccn2)c1C. The van der Waals surface area contributed by atoms with E-state index in [1.807, 2.05) is 0 Å². The number of amides is 2. The number of nitrogens with zero attached hydrogens (tertiary/aromatic N) is 2. The Morgan fingerprint density at radius 3 is 2.57 bits per heavy atom. The van der Waals surface area contributed by atoms with Crippen LogP contribution in [0.3, 0.4) is 0 Å². The molecular formula is C18H24N4O5S. The van der Waals surface area contributed by atoms with E-state index < -0.39 is 23.6 Å². The average molecular weight is 408 g/mol. The van der Waals surface area contributed by atoms with E-state index in [-0.39, 0.29) is 18.7 Å². The molecule has 0 spiro atoms. The minimum absolute atomic E-state index is 0.204. The second-order valence-electron chi connectivity index (χ2n) is 6.80. The summed E-state index contributed by atoms with van der Waals surface area (Å²) in [4.78, 5) is 36.3. The monoisotopic (exact) mass is 408 g/mol. The molecule has 9 nitrogen and oxygen atoms in total. The number of hydrogen-bond donors (Lipinski definition) is 2. The quantitative estimate of drug-likeness (QED) is 0.711. The number of ether oxygens (including phenoxy) is 2. The van der Waals surface area contributed by atoms with Gasteiger partial charge in [0.25, 0.3) is 0 Å². The van der Waals surface area contributed by atoms with E-state index in [2.05, 4.69) is 15.7 Å². The van der Waals surface area contributed by atoms with Crippen molar-refractivity contribution in [2.45, 2.75) is 40.2 Å². The van der Waals surface area contributed by atoms with Crippen molar-refractivity contribution < 1.29 is 23.9 Å². The third kappa shape index (κ3) is 5.56. The molecule has 0 fully saturated rings. The van der Waals surface area contributed by atoms with Gasteiger partial charge in [-0.1, -0.05) is 11.3 Å². The molecule has 2 rings (SSSR count). The van der Waals surface area contributed by atoms with Gasteiger partial charge in [-0.3, -0.25) is 10.1 Å². The Kier molecular flexibility index (Phi) is 6.79. The van der Waals surface area contributed by atoms with Gasteiger partial charge in [0.05, 0.1) is 12.2 Å². The summed E-state index contributed by atoms with van der Waals surface area (Å²) in [6.45, 7) is 8.58. The van der Waals surface area contributed by atoms with E-state index in [9.17, 15) is 14.4 Å². The predicted molar refractivity (Wildman–Crippen MR) is 105 cm³/mol. The van der Waals surface area contributed by atoms with Crippen molar-refractivity contribution in [3.8, 4) is 5.00 Å². The van der Waals surface area contributed by atoms with Crippen LogP contribution in [0.5, 0.6) is 0 Å². The first-order valence-corrected chi connectivity index (χ1v) is 9.51. The van der Waals surface area contributed by atoms with Crippen LogP contribution in [0.1, 0.15) is 43.6 Å². The number of hydrogen-bond acceptors (Lipinski definition) is 7. The minimum Gasteiger partial charge on any atom is -0.462 e. The molecule has 2 amide bonds. The Bertz CT molecular complexity index is 852. The van der Waals surface area contributed by atoms with Crippen molar-refractivity contribution >= 4 is 34.3 Å². The highest BCUT2D eigenvalue weighted by atomic mass is 32.1. The van der Waals surface area contributed by atoms with E-state index in [0.29, 0.717) is 15.6 Å². The zero-order chi connectivity index (χ0) is 20.9. The number of aromatic nitrogens is 2. The largest absolute Gasteiger partial charge is 0.462 e. The van der Waals surface area contributed by atoms with Gasteiger partial charge in [0, 0.05) is 18.0 Å². The fraction of sp³-hybridized carbons (Fsp3) is 0.444. The lowest BCUT2D eigenvalue weighted by Crippen LogP contribution is -2.37. The van der Waals surface area contributed by atoms with Crippen molar-refractivity contribution in [2.24, 2.45) is 0 Å². The first-order chi connectivity index (χ1) is 13.1. The molecule has 0 aromatic carbocycles. The standard InChI is InChI=1S/C18H24N4O5S/c1-6-26-16(24)13-11(2)15(22-9-7-8-20-22)28-14(13)21-17(25)19-10-12(23)27-18(3,4)5/h7-9H,6,10H2,1-5H3,(H2,19,21,25). The predicted octanol–water partition coefficient (Wildman–Crippen LogP) is 2.88. The Morgan fingerprint density at radius 1 is 1.29 bits per heavy atom. The van der Waals surface area contributed by atoms with E-state index in [1.165, 1.54) is 11.3 Å². The number of carbonyl (C=O) groups excluding carboxylic acids is 3. The van der Waals surface area contributed by atoms with Crippen LogP contribution in [0.4, 0.5) is 9.80 Å². The summed E-state index contributed by atoms with van der Waals surface area (Å²) >= 11 is 1.18. The van der Waals surface area contributed by atoms with Crippen LogP contribution in [0, 0.1) is 6.92 Å². The summed E-state index contributed by atoms with van der Waals surface area (Å²) in [5, 5.41) is 10.2. The third-order valence-electron chi connectivity index (χ3n) is 3.35. The molecule has 2 aromatic heterocycles. The maximum absolute atomic E-state index is 12.4. The Morgan fingerprint density at radius 2 is 2.00 bits per heavy atom. The first-order valence-electron chi connectivity index (χ1n) is 8.69. The van der Waals surface area contributed by atoms with E-state index in [4.69, 9.17) is 9.47 Å². The zero-order valence-corrected chi connectivity index (χ0v) is 17.3. The molecule has 0 aliphatic rings. The van der Waals surface area contributed by atoms with Crippen molar-refractivity contribution in [1.82, 2.24) is 15.1 Å². The molecular weight excluding hydrogens is 384 g/mol.